The van der Waals surface area contributed by atoms with E-state index in [1.54, 1.807) is 6.07 Å². The Bertz CT molecular complexity index is 824. The molecule has 1 amide bonds. The number of hydrogen-bond acceptors (Lipinski definition) is 7. The fraction of sp³-hybridized carbons (Fsp3) is 0.529. The van der Waals surface area contributed by atoms with E-state index in [0.717, 1.165) is 28.7 Å². The molecule has 26 heavy (non-hydrogen) atoms. The molecule has 0 saturated heterocycles. The minimum absolute atomic E-state index is 0.187. The zero-order valence-electron chi connectivity index (χ0n) is 15.2. The number of amides is 1. The van der Waals surface area contributed by atoms with Crippen LogP contribution >= 0.6 is 23.1 Å². The van der Waals surface area contributed by atoms with E-state index in [9.17, 15) is 9.59 Å². The third-order valence-corrected chi connectivity index (χ3v) is 5.90. The van der Waals surface area contributed by atoms with E-state index in [0.29, 0.717) is 16.5 Å². The Kier molecular flexibility index (Phi) is 5.67. The van der Waals surface area contributed by atoms with Gasteiger partial charge >= 0.3 is 5.97 Å². The molecule has 2 heterocycles. The molecule has 1 N–H and O–H groups in total. The van der Waals surface area contributed by atoms with Crippen molar-refractivity contribution >= 4 is 40.0 Å². The minimum atomic E-state index is -0.453. The molecule has 3 rings (SSSR count). The number of rotatable bonds is 7. The lowest BCUT2D eigenvalue weighted by atomic mass is 10.3. The van der Waals surface area contributed by atoms with Gasteiger partial charge in [0.1, 0.15) is 10.8 Å². The molecule has 2 aromatic rings. The van der Waals surface area contributed by atoms with E-state index in [2.05, 4.69) is 33.9 Å². The van der Waals surface area contributed by atoms with E-state index in [1.165, 1.54) is 30.2 Å². The number of nitrogens with zero attached hydrogens (tertiary/aromatic N) is 3. The Balaban J connectivity index is 1.66. The molecule has 0 aliphatic heterocycles. The first-order valence-electron chi connectivity index (χ1n) is 8.47. The number of esters is 1. The summed E-state index contributed by atoms with van der Waals surface area (Å²) in [7, 11) is 1.33. The van der Waals surface area contributed by atoms with Gasteiger partial charge in [0.05, 0.1) is 18.4 Å². The molecule has 7 nitrogen and oxygen atoms in total. The number of hydrogen-bond donors (Lipinski definition) is 1. The van der Waals surface area contributed by atoms with E-state index in [-0.39, 0.29) is 17.7 Å². The maximum Gasteiger partial charge on any atom is 0.340 e. The maximum absolute atomic E-state index is 12.4. The van der Waals surface area contributed by atoms with E-state index in [1.807, 2.05) is 6.92 Å². The normalized spacial score (nSPS) is 13.9. The lowest BCUT2D eigenvalue weighted by molar-refractivity contribution is -0.113. The number of carbonyl (C=O) groups is 2. The topological polar surface area (TPSA) is 86.1 Å². The summed E-state index contributed by atoms with van der Waals surface area (Å²) in [5, 5.41) is 12.7. The maximum atomic E-state index is 12.4. The highest BCUT2D eigenvalue weighted by atomic mass is 32.2. The molecular formula is C17H22N4O3S2. The number of thioether (sulfide) groups is 1. The smallest absolute Gasteiger partial charge is 0.340 e. The van der Waals surface area contributed by atoms with Crippen LogP contribution < -0.4 is 5.32 Å². The molecular weight excluding hydrogens is 372 g/mol. The summed E-state index contributed by atoms with van der Waals surface area (Å²) < 4.78 is 6.88. The lowest BCUT2D eigenvalue weighted by Gasteiger charge is -2.13. The predicted octanol–water partition coefficient (Wildman–Crippen LogP) is 3.62. The summed E-state index contributed by atoms with van der Waals surface area (Å²) in [4.78, 5) is 25.1. The van der Waals surface area contributed by atoms with E-state index in [4.69, 9.17) is 4.74 Å². The molecule has 1 aliphatic rings. The van der Waals surface area contributed by atoms with Crippen molar-refractivity contribution in [1.29, 1.82) is 0 Å². The molecule has 140 valence electrons. The van der Waals surface area contributed by atoms with Crippen LogP contribution in [-0.2, 0) is 9.53 Å². The predicted molar refractivity (Wildman–Crippen MR) is 102 cm³/mol. The van der Waals surface area contributed by atoms with E-state index < -0.39 is 5.97 Å². The number of nitrogens with one attached hydrogen (secondary N) is 1. The van der Waals surface area contributed by atoms with Crippen molar-refractivity contribution in [2.75, 3.05) is 18.2 Å². The molecule has 0 atom stereocenters. The van der Waals surface area contributed by atoms with Gasteiger partial charge in [0, 0.05) is 16.8 Å². The van der Waals surface area contributed by atoms with Crippen molar-refractivity contribution < 1.29 is 14.3 Å². The number of aryl methyl sites for hydroxylation is 1. The van der Waals surface area contributed by atoms with Crippen LogP contribution in [0.5, 0.6) is 0 Å². The second kappa shape index (κ2) is 7.79. The molecule has 9 heteroatoms. The summed E-state index contributed by atoms with van der Waals surface area (Å²) in [5.74, 6) is 1.08. The SMILES string of the molecule is COC(=O)c1cc(C)sc1NC(=O)CSc1nnc(C2CC2)n1C(C)C. The fourth-order valence-corrected chi connectivity index (χ4v) is 4.44. The largest absolute Gasteiger partial charge is 0.465 e. The first kappa shape index (κ1) is 18.9. The second-order valence-electron chi connectivity index (χ2n) is 6.51. The highest BCUT2D eigenvalue weighted by Gasteiger charge is 2.31. The Hall–Kier alpha value is -1.87. The van der Waals surface area contributed by atoms with Crippen molar-refractivity contribution in [3.05, 3.63) is 22.3 Å². The molecule has 1 fully saturated rings. The third kappa shape index (κ3) is 4.09. The van der Waals surface area contributed by atoms with Crippen LogP contribution in [0, 0.1) is 6.92 Å². The van der Waals surface area contributed by atoms with Crippen molar-refractivity contribution in [3.63, 3.8) is 0 Å². The number of carbonyl (C=O) groups excluding carboxylic acids is 2. The van der Waals surface area contributed by atoms with Crippen LogP contribution in [0.2, 0.25) is 0 Å². The van der Waals surface area contributed by atoms with Gasteiger partial charge in [-0.2, -0.15) is 0 Å². The van der Waals surface area contributed by atoms with Gasteiger partial charge in [-0.3, -0.25) is 4.79 Å². The monoisotopic (exact) mass is 394 g/mol. The number of methoxy groups -OCH3 is 1. The number of anilines is 1. The molecule has 0 radical (unpaired) electrons. The van der Waals surface area contributed by atoms with Crippen molar-refractivity contribution in [1.82, 2.24) is 14.8 Å². The van der Waals surface area contributed by atoms with Gasteiger partial charge in [-0.25, -0.2) is 4.79 Å². The van der Waals surface area contributed by atoms with Crippen molar-refractivity contribution in [3.8, 4) is 0 Å². The first-order valence-corrected chi connectivity index (χ1v) is 10.3. The molecule has 1 saturated carbocycles. The van der Waals surface area contributed by atoms with Crippen LogP contribution in [0.4, 0.5) is 5.00 Å². The average molecular weight is 395 g/mol. The highest BCUT2D eigenvalue weighted by molar-refractivity contribution is 7.99. The Morgan fingerprint density at radius 2 is 2.15 bits per heavy atom. The quantitative estimate of drug-likeness (QED) is 0.570. The first-order chi connectivity index (χ1) is 12.4. The van der Waals surface area contributed by atoms with Crippen LogP contribution in [0.15, 0.2) is 11.2 Å². The van der Waals surface area contributed by atoms with Crippen molar-refractivity contribution in [2.24, 2.45) is 0 Å². The lowest BCUT2D eigenvalue weighted by Crippen LogP contribution is -2.16. The van der Waals surface area contributed by atoms with Crippen LogP contribution in [-0.4, -0.2) is 39.5 Å². The van der Waals surface area contributed by atoms with Crippen LogP contribution in [0.1, 0.15) is 59.7 Å². The summed E-state index contributed by atoms with van der Waals surface area (Å²) in [5.41, 5.74) is 0.384. The summed E-state index contributed by atoms with van der Waals surface area (Å²) in [6.07, 6.45) is 2.31. The molecule has 2 aromatic heterocycles. The minimum Gasteiger partial charge on any atom is -0.465 e. The zero-order valence-corrected chi connectivity index (χ0v) is 16.9. The number of thiophene rings is 1. The summed E-state index contributed by atoms with van der Waals surface area (Å²) >= 11 is 2.72. The molecule has 0 aromatic carbocycles. The van der Waals surface area contributed by atoms with Gasteiger partial charge < -0.3 is 14.6 Å². The molecule has 0 spiro atoms. The van der Waals surface area contributed by atoms with Gasteiger partial charge in [0.25, 0.3) is 0 Å². The van der Waals surface area contributed by atoms with E-state index >= 15 is 0 Å². The second-order valence-corrected chi connectivity index (χ2v) is 8.71. The highest BCUT2D eigenvalue weighted by Crippen LogP contribution is 2.41. The van der Waals surface area contributed by atoms with Gasteiger partial charge in [0.15, 0.2) is 5.16 Å². The number of aromatic nitrogens is 3. The third-order valence-electron chi connectivity index (χ3n) is 4.00. The van der Waals surface area contributed by atoms with Gasteiger partial charge in [-0.05, 0) is 39.7 Å². The van der Waals surface area contributed by atoms with Crippen molar-refractivity contribution in [2.45, 2.75) is 50.7 Å². The van der Waals surface area contributed by atoms with Gasteiger partial charge in [-0.15, -0.1) is 21.5 Å². The molecule has 0 bridgehead atoms. The summed E-state index contributed by atoms with van der Waals surface area (Å²) in [6.45, 7) is 6.07. The number of ether oxygens (including phenoxy) is 1. The summed E-state index contributed by atoms with van der Waals surface area (Å²) in [6, 6.07) is 1.97. The van der Waals surface area contributed by atoms with Gasteiger partial charge in [-0.1, -0.05) is 11.8 Å². The van der Waals surface area contributed by atoms with Crippen LogP contribution in [0.3, 0.4) is 0 Å². The van der Waals surface area contributed by atoms with Gasteiger partial charge in [0.2, 0.25) is 5.91 Å². The Morgan fingerprint density at radius 1 is 1.42 bits per heavy atom. The average Bonchev–Trinajstić information content (AvgIpc) is 3.25. The molecule has 0 unspecified atom stereocenters. The van der Waals surface area contributed by atoms with Crippen LogP contribution in [0.25, 0.3) is 0 Å². The Morgan fingerprint density at radius 3 is 2.77 bits per heavy atom. The molecule has 1 aliphatic carbocycles. The zero-order chi connectivity index (χ0) is 18.8. The standard InChI is InChI=1S/C17H22N4O3S2/c1-9(2)21-14(11-5-6-11)19-20-17(21)25-8-13(22)18-15-12(16(23)24-4)7-10(3)26-15/h7,9,11H,5-6,8H2,1-4H3,(H,18,22). The fourth-order valence-electron chi connectivity index (χ4n) is 2.65. The Labute approximate surface area is 160 Å².